The first-order valence-corrected chi connectivity index (χ1v) is 7.91. The molecule has 2 unspecified atom stereocenters. The van der Waals surface area contributed by atoms with Gasteiger partial charge < -0.3 is 15.4 Å². The van der Waals surface area contributed by atoms with Gasteiger partial charge in [-0.05, 0) is 26.0 Å². The predicted molar refractivity (Wildman–Crippen MR) is 84.3 cm³/mol. The summed E-state index contributed by atoms with van der Waals surface area (Å²) >= 11 is 2.04. The Kier molecular flexibility index (Phi) is 4.63. The number of hydrogen-bond acceptors (Lipinski definition) is 4. The van der Waals surface area contributed by atoms with E-state index >= 15 is 0 Å². The van der Waals surface area contributed by atoms with Gasteiger partial charge >= 0.3 is 0 Å². The van der Waals surface area contributed by atoms with Crippen molar-refractivity contribution in [3.63, 3.8) is 0 Å². The number of benzene rings is 1. The van der Waals surface area contributed by atoms with E-state index in [1.165, 1.54) is 11.4 Å². The zero-order chi connectivity index (χ0) is 14.0. The van der Waals surface area contributed by atoms with Crippen LogP contribution >= 0.6 is 11.8 Å². The van der Waals surface area contributed by atoms with E-state index in [1.54, 1.807) is 7.11 Å². The van der Waals surface area contributed by atoms with Gasteiger partial charge in [-0.15, -0.1) is 0 Å². The summed E-state index contributed by atoms with van der Waals surface area (Å²) in [6.45, 7) is 7.69. The molecule has 2 N–H and O–H groups in total. The summed E-state index contributed by atoms with van der Waals surface area (Å²) in [7, 11) is 1.71. The maximum Gasteiger partial charge on any atom is 0.125 e. The molecular formula is C15H24N2OS. The summed E-state index contributed by atoms with van der Waals surface area (Å²) in [5, 5.41) is 0.640. The van der Waals surface area contributed by atoms with Crippen LogP contribution in [0.5, 0.6) is 5.75 Å². The summed E-state index contributed by atoms with van der Waals surface area (Å²) in [6, 6.07) is 6.71. The van der Waals surface area contributed by atoms with Crippen LogP contribution in [0.15, 0.2) is 18.2 Å². The zero-order valence-electron chi connectivity index (χ0n) is 12.2. The van der Waals surface area contributed by atoms with Crippen LogP contribution < -0.4 is 15.4 Å². The van der Waals surface area contributed by atoms with Crippen molar-refractivity contribution >= 4 is 17.4 Å². The molecular weight excluding hydrogens is 256 g/mol. The van der Waals surface area contributed by atoms with Crippen molar-refractivity contribution in [3.05, 3.63) is 23.8 Å². The van der Waals surface area contributed by atoms with Crippen molar-refractivity contribution in [2.75, 3.05) is 24.3 Å². The van der Waals surface area contributed by atoms with E-state index in [-0.39, 0.29) is 6.04 Å². The van der Waals surface area contributed by atoms with Gasteiger partial charge in [0.25, 0.3) is 0 Å². The molecule has 0 saturated carbocycles. The maximum atomic E-state index is 6.17. The van der Waals surface area contributed by atoms with Crippen molar-refractivity contribution < 1.29 is 4.74 Å². The Morgan fingerprint density at radius 3 is 2.79 bits per heavy atom. The average molecular weight is 280 g/mol. The topological polar surface area (TPSA) is 38.5 Å². The molecule has 4 heteroatoms. The quantitative estimate of drug-likeness (QED) is 0.923. The second-order valence-electron chi connectivity index (χ2n) is 5.19. The molecule has 1 aliphatic rings. The minimum Gasteiger partial charge on any atom is -0.496 e. The highest BCUT2D eigenvalue weighted by Crippen LogP contribution is 2.37. The van der Waals surface area contributed by atoms with E-state index in [0.717, 1.165) is 17.9 Å². The lowest BCUT2D eigenvalue weighted by Crippen LogP contribution is -2.45. The van der Waals surface area contributed by atoms with Crippen LogP contribution in [-0.4, -0.2) is 30.7 Å². The molecule has 1 saturated heterocycles. The molecule has 1 fully saturated rings. The van der Waals surface area contributed by atoms with Crippen LogP contribution in [0, 0.1) is 0 Å². The minimum absolute atomic E-state index is 0.0248. The fourth-order valence-electron chi connectivity index (χ4n) is 2.69. The van der Waals surface area contributed by atoms with E-state index in [2.05, 4.69) is 30.9 Å². The summed E-state index contributed by atoms with van der Waals surface area (Å²) in [5.74, 6) is 2.06. The third-order valence-corrected chi connectivity index (χ3v) is 5.25. The first-order chi connectivity index (χ1) is 9.06. The highest BCUT2D eigenvalue weighted by Gasteiger charge is 2.28. The largest absolute Gasteiger partial charge is 0.496 e. The van der Waals surface area contributed by atoms with Crippen LogP contribution in [0.3, 0.4) is 0 Å². The minimum atomic E-state index is -0.0248. The number of thioether (sulfide) groups is 1. The fraction of sp³-hybridized carbons (Fsp3) is 0.600. The molecule has 0 spiro atoms. The number of nitrogens with two attached hydrogens (primary N) is 1. The Labute approximate surface area is 120 Å². The maximum absolute atomic E-state index is 6.17. The van der Waals surface area contributed by atoms with Crippen LogP contribution in [0.2, 0.25) is 0 Å². The number of ether oxygens (including phenoxy) is 1. The van der Waals surface area contributed by atoms with Crippen LogP contribution in [0.1, 0.15) is 32.4 Å². The third kappa shape index (κ3) is 2.84. The Morgan fingerprint density at radius 1 is 1.42 bits per heavy atom. The molecule has 0 radical (unpaired) electrons. The normalized spacial score (nSPS) is 25.2. The van der Waals surface area contributed by atoms with Crippen molar-refractivity contribution in [2.24, 2.45) is 5.73 Å². The van der Waals surface area contributed by atoms with Gasteiger partial charge in [-0.3, -0.25) is 0 Å². The standard InChI is InChI=1S/C15H24N2OS/c1-10(16)15-13(6-5-7-14(15)18-4)17-8-9-19-12(3)11(17)2/h5-7,10-12H,8-9,16H2,1-4H3/t10-,11?,12?/m1/s1. The Hall–Kier alpha value is -0.870. The van der Waals surface area contributed by atoms with Crippen molar-refractivity contribution in [1.29, 1.82) is 0 Å². The number of methoxy groups -OCH3 is 1. The molecule has 0 bridgehead atoms. The summed E-state index contributed by atoms with van der Waals surface area (Å²) in [6.07, 6.45) is 0. The van der Waals surface area contributed by atoms with Crippen LogP contribution in [0.25, 0.3) is 0 Å². The first-order valence-electron chi connectivity index (χ1n) is 6.87. The predicted octanol–water partition coefficient (Wildman–Crippen LogP) is 3.05. The molecule has 19 heavy (non-hydrogen) atoms. The molecule has 1 aliphatic heterocycles. The molecule has 0 amide bonds. The molecule has 0 aromatic heterocycles. The molecule has 1 aromatic carbocycles. The smallest absolute Gasteiger partial charge is 0.125 e. The van der Waals surface area contributed by atoms with Crippen molar-refractivity contribution in [1.82, 2.24) is 0 Å². The summed E-state index contributed by atoms with van der Waals surface area (Å²) in [5.41, 5.74) is 8.52. The average Bonchev–Trinajstić information content (AvgIpc) is 2.40. The van der Waals surface area contributed by atoms with Gasteiger partial charge in [0.2, 0.25) is 0 Å². The van der Waals surface area contributed by atoms with Gasteiger partial charge in [-0.25, -0.2) is 0 Å². The molecule has 3 atom stereocenters. The van der Waals surface area contributed by atoms with Gasteiger partial charge in [-0.1, -0.05) is 13.0 Å². The molecule has 106 valence electrons. The highest BCUT2D eigenvalue weighted by atomic mass is 32.2. The SMILES string of the molecule is COc1cccc(N2CCSC(C)C2C)c1[C@@H](C)N. The lowest BCUT2D eigenvalue weighted by Gasteiger charge is -2.40. The molecule has 1 heterocycles. The van der Waals surface area contributed by atoms with E-state index in [4.69, 9.17) is 10.5 Å². The second kappa shape index (κ2) is 6.06. The van der Waals surface area contributed by atoms with E-state index in [1.807, 2.05) is 24.8 Å². The number of anilines is 1. The van der Waals surface area contributed by atoms with Crippen molar-refractivity contribution in [2.45, 2.75) is 38.1 Å². The monoisotopic (exact) mass is 280 g/mol. The number of hydrogen-bond donors (Lipinski definition) is 1. The third-order valence-electron chi connectivity index (χ3n) is 3.91. The Morgan fingerprint density at radius 2 is 2.16 bits per heavy atom. The Bertz CT molecular complexity index is 436. The summed E-state index contributed by atoms with van der Waals surface area (Å²) < 4.78 is 5.49. The first kappa shape index (κ1) is 14.5. The molecule has 3 nitrogen and oxygen atoms in total. The van der Waals surface area contributed by atoms with Crippen LogP contribution in [0.4, 0.5) is 5.69 Å². The van der Waals surface area contributed by atoms with Gasteiger partial charge in [0.15, 0.2) is 0 Å². The number of rotatable bonds is 3. The highest BCUT2D eigenvalue weighted by molar-refractivity contribution is 8.00. The van der Waals surface area contributed by atoms with Gasteiger partial charge in [0.1, 0.15) is 5.75 Å². The molecule has 1 aromatic rings. The zero-order valence-corrected chi connectivity index (χ0v) is 13.0. The van der Waals surface area contributed by atoms with Crippen LogP contribution in [-0.2, 0) is 0 Å². The molecule has 0 aliphatic carbocycles. The molecule has 2 rings (SSSR count). The lowest BCUT2D eigenvalue weighted by atomic mass is 10.0. The van der Waals surface area contributed by atoms with Crippen molar-refractivity contribution in [3.8, 4) is 5.75 Å². The lowest BCUT2D eigenvalue weighted by molar-refractivity contribution is 0.406. The Balaban J connectivity index is 2.43. The van der Waals surface area contributed by atoms with E-state index in [0.29, 0.717) is 11.3 Å². The van der Waals surface area contributed by atoms with Gasteiger partial charge in [0.05, 0.1) is 7.11 Å². The summed E-state index contributed by atoms with van der Waals surface area (Å²) in [4.78, 5) is 2.47. The van der Waals surface area contributed by atoms with Gasteiger partial charge in [0, 0.05) is 40.9 Å². The second-order valence-corrected chi connectivity index (χ2v) is 6.68. The number of nitrogens with zero attached hydrogens (tertiary/aromatic N) is 1. The fourth-order valence-corrected chi connectivity index (χ4v) is 3.79. The van der Waals surface area contributed by atoms with E-state index < -0.39 is 0 Å². The van der Waals surface area contributed by atoms with Gasteiger partial charge in [-0.2, -0.15) is 11.8 Å². The van der Waals surface area contributed by atoms with E-state index in [9.17, 15) is 0 Å².